The summed E-state index contributed by atoms with van der Waals surface area (Å²) < 4.78 is 47.5. The molecule has 1 aliphatic carbocycles. The molecule has 5 rings (SSSR count). The maximum Gasteiger partial charge on any atom is 0.338 e. The number of carboxylic acids is 1. The number of carboxylic acid groups (broad SMARTS) is 1. The van der Waals surface area contributed by atoms with Crippen LogP contribution < -0.4 is 5.32 Å². The molecule has 1 aromatic carbocycles. The lowest BCUT2D eigenvalue weighted by Crippen LogP contribution is -2.54. The van der Waals surface area contributed by atoms with Crippen LogP contribution in [0.5, 0.6) is 0 Å². The average molecular weight is 611 g/mol. The lowest BCUT2D eigenvalue weighted by molar-refractivity contribution is -0.152. The molecule has 2 aromatic rings. The van der Waals surface area contributed by atoms with Crippen LogP contribution in [0.1, 0.15) is 49.2 Å². The summed E-state index contributed by atoms with van der Waals surface area (Å²) in [5, 5.41) is 14.1. The highest BCUT2D eigenvalue weighted by atomic mass is 35.5. The van der Waals surface area contributed by atoms with Crippen LogP contribution in [0.25, 0.3) is 0 Å². The summed E-state index contributed by atoms with van der Waals surface area (Å²) in [6, 6.07) is 3.34. The first-order valence-electron chi connectivity index (χ1n) is 12.7. The number of allylic oxidation sites excluding steroid dienone is 1. The predicted molar refractivity (Wildman–Crippen MR) is 147 cm³/mol. The predicted octanol–water partition coefficient (Wildman–Crippen LogP) is 3.75. The Hall–Kier alpha value is -2.87. The van der Waals surface area contributed by atoms with Gasteiger partial charge in [0.1, 0.15) is 11.9 Å². The van der Waals surface area contributed by atoms with Gasteiger partial charge in [0, 0.05) is 41.8 Å². The fraction of sp³-hybridized carbons (Fsp3) is 0.462. The summed E-state index contributed by atoms with van der Waals surface area (Å²) in [4.78, 5) is 33.7. The Morgan fingerprint density at radius 3 is 2.58 bits per heavy atom. The molecule has 1 aromatic heterocycles. The Morgan fingerprint density at radius 2 is 1.98 bits per heavy atom. The van der Waals surface area contributed by atoms with Crippen molar-refractivity contribution in [2.24, 2.45) is 16.3 Å². The topological polar surface area (TPSA) is 138 Å². The number of hydrogen-bond acceptors (Lipinski definition) is 9. The minimum absolute atomic E-state index is 0.0769. The number of halogens is 2. The van der Waals surface area contributed by atoms with Crippen molar-refractivity contribution in [3.8, 4) is 0 Å². The first kappa shape index (κ1) is 28.7. The van der Waals surface area contributed by atoms with Gasteiger partial charge in [-0.05, 0) is 38.7 Å². The van der Waals surface area contributed by atoms with Crippen LogP contribution in [0, 0.1) is 17.2 Å². The number of hydrogen-bond donors (Lipinski definition) is 2. The molecule has 2 fully saturated rings. The molecule has 1 saturated heterocycles. The van der Waals surface area contributed by atoms with E-state index in [0.717, 1.165) is 0 Å². The highest BCUT2D eigenvalue weighted by molar-refractivity contribution is 7.89. The maximum atomic E-state index is 14.5. The molecule has 214 valence electrons. The molecule has 0 spiro atoms. The third-order valence-electron chi connectivity index (χ3n) is 7.91. The smallest absolute Gasteiger partial charge is 0.338 e. The molecule has 3 heterocycles. The van der Waals surface area contributed by atoms with Gasteiger partial charge < -0.3 is 15.2 Å². The van der Waals surface area contributed by atoms with Gasteiger partial charge >= 0.3 is 11.9 Å². The Balaban J connectivity index is 1.46. The number of aromatic nitrogens is 1. The van der Waals surface area contributed by atoms with Crippen molar-refractivity contribution in [3.05, 3.63) is 62.5 Å². The normalized spacial score (nSPS) is 26.1. The van der Waals surface area contributed by atoms with E-state index >= 15 is 0 Å². The quantitative estimate of drug-likeness (QED) is 0.452. The number of nitrogens with zero attached hydrogens (tertiary/aromatic N) is 3. The Bertz CT molecular complexity index is 1500. The first-order chi connectivity index (χ1) is 19.0. The number of methoxy groups -OCH3 is 1. The van der Waals surface area contributed by atoms with Crippen molar-refractivity contribution in [1.82, 2.24) is 14.6 Å². The Morgan fingerprint density at radius 1 is 1.27 bits per heavy atom. The van der Waals surface area contributed by atoms with E-state index < -0.39 is 44.5 Å². The van der Waals surface area contributed by atoms with Gasteiger partial charge in [0.25, 0.3) is 0 Å². The molecule has 2 N–H and O–H groups in total. The molecule has 1 saturated carbocycles. The zero-order chi connectivity index (χ0) is 28.8. The lowest BCUT2D eigenvalue weighted by atomic mass is 9.70. The largest absolute Gasteiger partial charge is 0.481 e. The summed E-state index contributed by atoms with van der Waals surface area (Å²) in [6.45, 7) is 1.95. The standard InChI is InChI=1S/C26H28ClFN4O6S2/c1-26(25(34)35)12-15(13-26)40(36,37)32-9-6-14(7-10-32)20-18(24(33)38-2)21(16-4-3-5-17(28)19(16)27)31-22(30-20)23-29-8-11-39-23/h3-5,8,11,14-15,21H,6-7,9-10,12-13H2,1-2H3,(H,30,31)(H,34,35)/t15-,21?,26+. The SMILES string of the molecule is COC(=O)C1=C(C2CCN(S(=O)(=O)[C@H]3C[C@@](C)(C(=O)O)C3)CC2)NC(c2nccs2)=NC1c1cccc(F)c1Cl. The molecule has 0 amide bonds. The van der Waals surface area contributed by atoms with Crippen molar-refractivity contribution in [2.75, 3.05) is 20.2 Å². The van der Waals surface area contributed by atoms with E-state index in [1.807, 2.05) is 0 Å². The van der Waals surface area contributed by atoms with E-state index in [9.17, 15) is 27.5 Å². The van der Waals surface area contributed by atoms with E-state index in [0.29, 0.717) is 34.9 Å². The molecule has 1 atom stereocenters. The van der Waals surface area contributed by atoms with Crippen LogP contribution >= 0.6 is 22.9 Å². The minimum Gasteiger partial charge on any atom is -0.481 e. The molecule has 2 aliphatic heterocycles. The van der Waals surface area contributed by atoms with Crippen LogP contribution in [0.4, 0.5) is 4.39 Å². The Kier molecular flexibility index (Phi) is 7.77. The summed E-state index contributed by atoms with van der Waals surface area (Å²) in [6.07, 6.45) is 2.55. The minimum atomic E-state index is -3.68. The number of carbonyl (C=O) groups excluding carboxylic acids is 1. The van der Waals surface area contributed by atoms with Crippen LogP contribution in [0.2, 0.25) is 5.02 Å². The van der Waals surface area contributed by atoms with Gasteiger partial charge in [-0.15, -0.1) is 11.3 Å². The summed E-state index contributed by atoms with van der Waals surface area (Å²) in [5.41, 5.74) is -0.0490. The van der Waals surface area contributed by atoms with Gasteiger partial charge in [-0.2, -0.15) is 0 Å². The number of carbonyl (C=O) groups is 2. The number of ether oxygens (including phenoxy) is 1. The van der Waals surface area contributed by atoms with E-state index in [1.165, 1.54) is 34.9 Å². The fourth-order valence-electron chi connectivity index (χ4n) is 5.57. The fourth-order valence-corrected chi connectivity index (χ4v) is 8.68. The number of rotatable bonds is 7. The Labute approximate surface area is 240 Å². The van der Waals surface area contributed by atoms with Gasteiger partial charge in [0.05, 0.1) is 28.4 Å². The second-order valence-electron chi connectivity index (χ2n) is 10.4. The number of nitrogens with one attached hydrogen (secondary N) is 1. The number of benzene rings is 1. The second-order valence-corrected chi connectivity index (χ2v) is 13.9. The number of piperidine rings is 1. The van der Waals surface area contributed by atoms with Gasteiger partial charge in [-0.25, -0.2) is 26.9 Å². The van der Waals surface area contributed by atoms with Crippen molar-refractivity contribution >= 4 is 50.7 Å². The maximum absolute atomic E-state index is 14.5. The zero-order valence-electron chi connectivity index (χ0n) is 21.8. The molecular weight excluding hydrogens is 583 g/mol. The van der Waals surface area contributed by atoms with Crippen LogP contribution in [-0.4, -0.2) is 66.0 Å². The monoisotopic (exact) mass is 610 g/mol. The summed E-state index contributed by atoms with van der Waals surface area (Å²) >= 11 is 7.68. The molecule has 3 aliphatic rings. The molecule has 1 unspecified atom stereocenters. The van der Waals surface area contributed by atoms with E-state index in [4.69, 9.17) is 21.3 Å². The third-order valence-corrected chi connectivity index (χ3v) is 11.3. The zero-order valence-corrected chi connectivity index (χ0v) is 24.2. The van der Waals surface area contributed by atoms with Crippen molar-refractivity contribution < 1.29 is 32.2 Å². The summed E-state index contributed by atoms with van der Waals surface area (Å²) in [7, 11) is -2.43. The number of aliphatic imine (C=N–C) groups is 1. The van der Waals surface area contributed by atoms with Crippen molar-refractivity contribution in [2.45, 2.75) is 43.9 Å². The third kappa shape index (κ3) is 5.04. The molecule has 40 heavy (non-hydrogen) atoms. The number of sulfonamides is 1. The van der Waals surface area contributed by atoms with Gasteiger partial charge in [0.2, 0.25) is 10.0 Å². The average Bonchev–Trinajstić information content (AvgIpc) is 3.47. The van der Waals surface area contributed by atoms with Gasteiger partial charge in [0.15, 0.2) is 10.8 Å². The van der Waals surface area contributed by atoms with E-state index in [1.54, 1.807) is 24.6 Å². The molecular formula is C26H28ClFN4O6S2. The first-order valence-corrected chi connectivity index (χ1v) is 15.5. The molecule has 14 heteroatoms. The van der Waals surface area contributed by atoms with Crippen molar-refractivity contribution in [3.63, 3.8) is 0 Å². The van der Waals surface area contributed by atoms with E-state index in [2.05, 4.69) is 10.3 Å². The number of amidine groups is 1. The van der Waals surface area contributed by atoms with Crippen molar-refractivity contribution in [1.29, 1.82) is 0 Å². The second kappa shape index (κ2) is 10.8. The van der Waals surface area contributed by atoms with Crippen LogP contribution in [-0.2, 0) is 24.3 Å². The van der Waals surface area contributed by atoms with Crippen LogP contribution in [0.15, 0.2) is 46.0 Å². The highest BCUT2D eigenvalue weighted by Gasteiger charge is 2.53. The van der Waals surface area contributed by atoms with Gasteiger partial charge in [-0.1, -0.05) is 23.7 Å². The number of esters is 1. The van der Waals surface area contributed by atoms with E-state index in [-0.39, 0.29) is 42.4 Å². The van der Waals surface area contributed by atoms with Crippen LogP contribution in [0.3, 0.4) is 0 Å². The number of thiazole rings is 1. The lowest BCUT2D eigenvalue weighted by Gasteiger charge is -2.44. The number of aliphatic carboxylic acids is 1. The molecule has 0 bridgehead atoms. The van der Waals surface area contributed by atoms with Gasteiger partial charge in [-0.3, -0.25) is 9.79 Å². The molecule has 0 radical (unpaired) electrons. The molecule has 10 nitrogen and oxygen atoms in total. The highest BCUT2D eigenvalue weighted by Crippen LogP contribution is 2.46. The summed E-state index contributed by atoms with van der Waals surface area (Å²) in [5.74, 6) is -2.18.